The van der Waals surface area contributed by atoms with Crippen LogP contribution in [0.15, 0.2) is 40.9 Å². The maximum atomic E-state index is 13.4. The summed E-state index contributed by atoms with van der Waals surface area (Å²) in [4.78, 5) is 30.8. The van der Waals surface area contributed by atoms with Crippen LogP contribution in [0, 0.1) is 23.0 Å². The van der Waals surface area contributed by atoms with E-state index < -0.39 is 23.5 Å². The maximum absolute atomic E-state index is 13.4. The SMILES string of the molecule is O=C(Nc1ccc(N2C3CCC2CC2(C3)CC2C(=O)O)nc1)c1nnc(Nc2ccc(F)c(F)c2)o1. The second-order valence-electron chi connectivity index (χ2n) is 9.68. The van der Waals surface area contributed by atoms with Crippen molar-refractivity contribution in [1.82, 2.24) is 15.2 Å². The Labute approximate surface area is 203 Å². The average molecular weight is 496 g/mol. The minimum Gasteiger partial charge on any atom is -0.481 e. The van der Waals surface area contributed by atoms with Crippen molar-refractivity contribution in [3.8, 4) is 0 Å². The number of amides is 1. The molecule has 3 aromatic rings. The fourth-order valence-electron chi connectivity index (χ4n) is 5.77. The zero-order valence-corrected chi connectivity index (χ0v) is 18.9. The molecule has 2 bridgehead atoms. The van der Waals surface area contributed by atoms with Gasteiger partial charge < -0.3 is 25.1 Å². The number of benzene rings is 1. The molecule has 2 saturated heterocycles. The number of hydrogen-bond acceptors (Lipinski definition) is 8. The van der Waals surface area contributed by atoms with Crippen molar-refractivity contribution in [2.24, 2.45) is 11.3 Å². The zero-order chi connectivity index (χ0) is 25.0. The molecule has 3 fully saturated rings. The lowest BCUT2D eigenvalue weighted by atomic mass is 9.85. The zero-order valence-electron chi connectivity index (χ0n) is 18.9. The standard InChI is InChI=1S/C24H22F2N6O4/c25-17-5-1-12(7-18(17)26)29-23-31-30-21(36-23)20(33)28-13-2-6-19(27-11-13)32-14-3-4-15(32)9-24(8-14)10-16(24)22(34)35/h1-2,5-7,11,14-16H,3-4,8-10H2,(H,28,33)(H,29,31)(H,34,35). The number of carboxylic acids is 1. The van der Waals surface area contributed by atoms with Gasteiger partial charge in [0.1, 0.15) is 5.82 Å². The van der Waals surface area contributed by atoms with Gasteiger partial charge in [0, 0.05) is 23.8 Å². The van der Waals surface area contributed by atoms with Gasteiger partial charge in [0.15, 0.2) is 11.6 Å². The predicted octanol–water partition coefficient (Wildman–Crippen LogP) is 3.96. The molecule has 1 saturated carbocycles. The Morgan fingerprint density at radius 2 is 1.78 bits per heavy atom. The first-order valence-electron chi connectivity index (χ1n) is 11.7. The lowest BCUT2D eigenvalue weighted by Gasteiger charge is -2.40. The van der Waals surface area contributed by atoms with Crippen molar-refractivity contribution in [3.63, 3.8) is 0 Å². The van der Waals surface area contributed by atoms with E-state index in [1.807, 2.05) is 6.07 Å². The Hall–Kier alpha value is -4.09. The third-order valence-electron chi connectivity index (χ3n) is 7.45. The molecule has 1 spiro atoms. The largest absolute Gasteiger partial charge is 0.481 e. The molecule has 1 amide bonds. The fraction of sp³-hybridized carbons (Fsp3) is 0.375. The highest BCUT2D eigenvalue weighted by Crippen LogP contribution is 2.64. The van der Waals surface area contributed by atoms with Crippen LogP contribution >= 0.6 is 0 Å². The minimum atomic E-state index is -1.04. The first-order valence-corrected chi connectivity index (χ1v) is 11.7. The van der Waals surface area contributed by atoms with E-state index in [1.165, 1.54) is 6.07 Å². The predicted molar refractivity (Wildman–Crippen MR) is 123 cm³/mol. The Kier molecular flexibility index (Phi) is 5.13. The van der Waals surface area contributed by atoms with Crippen molar-refractivity contribution in [1.29, 1.82) is 0 Å². The van der Waals surface area contributed by atoms with Crippen molar-refractivity contribution >= 4 is 35.1 Å². The number of anilines is 4. The third-order valence-corrected chi connectivity index (χ3v) is 7.45. The number of nitrogens with one attached hydrogen (secondary N) is 2. The molecule has 2 aromatic heterocycles. The third kappa shape index (κ3) is 3.91. The molecule has 10 nitrogen and oxygen atoms in total. The molecule has 3 N–H and O–H groups in total. The lowest BCUT2D eigenvalue weighted by molar-refractivity contribution is -0.139. The Bertz CT molecular complexity index is 1330. The van der Waals surface area contributed by atoms with Crippen molar-refractivity contribution < 1.29 is 27.9 Å². The molecule has 36 heavy (non-hydrogen) atoms. The number of piperidine rings is 1. The van der Waals surface area contributed by atoms with Crippen molar-refractivity contribution in [2.75, 3.05) is 15.5 Å². The molecule has 0 radical (unpaired) electrons. The van der Waals surface area contributed by atoms with Crippen LogP contribution in [-0.4, -0.2) is 44.2 Å². The van der Waals surface area contributed by atoms with E-state index in [0.717, 1.165) is 50.1 Å². The van der Waals surface area contributed by atoms with Gasteiger partial charge in [-0.2, -0.15) is 0 Å². The molecule has 3 unspecified atom stereocenters. The minimum absolute atomic E-state index is 0.0509. The van der Waals surface area contributed by atoms with Crippen LogP contribution in [-0.2, 0) is 4.79 Å². The van der Waals surface area contributed by atoms with Gasteiger partial charge in [-0.1, -0.05) is 5.10 Å². The van der Waals surface area contributed by atoms with Crippen LogP contribution in [0.5, 0.6) is 0 Å². The number of carboxylic acid groups (broad SMARTS) is 1. The highest BCUT2D eigenvalue weighted by atomic mass is 19.2. The summed E-state index contributed by atoms with van der Waals surface area (Å²) in [5, 5.41) is 22.0. The van der Waals surface area contributed by atoms with Gasteiger partial charge in [-0.3, -0.25) is 9.59 Å². The number of rotatable bonds is 6. The number of carbonyl (C=O) groups is 2. The number of aliphatic carboxylic acids is 1. The van der Waals surface area contributed by atoms with E-state index in [0.29, 0.717) is 5.69 Å². The maximum Gasteiger partial charge on any atom is 0.320 e. The van der Waals surface area contributed by atoms with E-state index in [2.05, 4.69) is 30.7 Å². The number of aromatic nitrogens is 3. The molecule has 6 rings (SSSR count). The molecule has 4 heterocycles. The lowest BCUT2D eigenvalue weighted by Crippen LogP contribution is -2.45. The van der Waals surface area contributed by atoms with Gasteiger partial charge in [-0.05, 0) is 61.8 Å². The van der Waals surface area contributed by atoms with E-state index in [4.69, 9.17) is 4.42 Å². The Balaban J connectivity index is 1.09. The first kappa shape index (κ1) is 22.4. The summed E-state index contributed by atoms with van der Waals surface area (Å²) in [6.45, 7) is 0. The number of carbonyl (C=O) groups excluding carboxylic acids is 1. The first-order chi connectivity index (χ1) is 17.3. The van der Waals surface area contributed by atoms with Crippen LogP contribution in [0.4, 0.5) is 32.0 Å². The topological polar surface area (TPSA) is 133 Å². The molecule has 3 aliphatic rings. The van der Waals surface area contributed by atoms with Gasteiger partial charge >= 0.3 is 23.8 Å². The summed E-state index contributed by atoms with van der Waals surface area (Å²) >= 11 is 0. The summed E-state index contributed by atoms with van der Waals surface area (Å²) in [6.07, 6.45) is 6.12. The molecule has 186 valence electrons. The van der Waals surface area contributed by atoms with Crippen molar-refractivity contribution in [2.45, 2.75) is 44.2 Å². The summed E-state index contributed by atoms with van der Waals surface area (Å²) in [7, 11) is 0. The van der Waals surface area contributed by atoms with Gasteiger partial charge in [-0.25, -0.2) is 13.8 Å². The monoisotopic (exact) mass is 496 g/mol. The molecule has 2 aliphatic heterocycles. The van der Waals surface area contributed by atoms with E-state index in [-0.39, 0.29) is 41.0 Å². The summed E-state index contributed by atoms with van der Waals surface area (Å²) in [5.74, 6) is -3.09. The van der Waals surface area contributed by atoms with Gasteiger partial charge in [0.2, 0.25) is 0 Å². The van der Waals surface area contributed by atoms with Crippen LogP contribution in [0.1, 0.15) is 42.8 Å². The molecule has 3 atom stereocenters. The average Bonchev–Trinajstić information content (AvgIpc) is 3.19. The number of halogens is 2. The van der Waals surface area contributed by atoms with Crippen molar-refractivity contribution in [3.05, 3.63) is 54.1 Å². The van der Waals surface area contributed by atoms with E-state index >= 15 is 0 Å². The number of nitrogens with zero attached hydrogens (tertiary/aromatic N) is 4. The highest BCUT2D eigenvalue weighted by Gasteiger charge is 2.64. The summed E-state index contributed by atoms with van der Waals surface area (Å²) in [5.41, 5.74) is 0.568. The van der Waals surface area contributed by atoms with Crippen LogP contribution in [0.2, 0.25) is 0 Å². The Morgan fingerprint density at radius 3 is 2.42 bits per heavy atom. The number of pyridine rings is 1. The van der Waals surface area contributed by atoms with Crippen LogP contribution in [0.3, 0.4) is 0 Å². The second kappa shape index (κ2) is 8.25. The molecule has 12 heteroatoms. The quantitative estimate of drug-likeness (QED) is 0.464. The fourth-order valence-corrected chi connectivity index (χ4v) is 5.77. The second-order valence-corrected chi connectivity index (χ2v) is 9.68. The van der Waals surface area contributed by atoms with Crippen LogP contribution < -0.4 is 15.5 Å². The number of hydrogen-bond donors (Lipinski definition) is 3. The number of fused-ring (bicyclic) bond motifs is 2. The van der Waals surface area contributed by atoms with Gasteiger partial charge in [-0.15, -0.1) is 5.10 Å². The van der Waals surface area contributed by atoms with E-state index in [9.17, 15) is 23.5 Å². The van der Waals surface area contributed by atoms with Crippen LogP contribution in [0.25, 0.3) is 0 Å². The summed E-state index contributed by atoms with van der Waals surface area (Å²) in [6, 6.07) is 7.14. The highest BCUT2D eigenvalue weighted by molar-refractivity contribution is 6.00. The van der Waals surface area contributed by atoms with Gasteiger partial charge in [0.05, 0.1) is 17.8 Å². The molecule has 1 aliphatic carbocycles. The molecular formula is C24H22F2N6O4. The normalized spacial score (nSPS) is 26.2. The van der Waals surface area contributed by atoms with Gasteiger partial charge in [0.25, 0.3) is 0 Å². The molecule has 1 aromatic carbocycles. The van der Waals surface area contributed by atoms with E-state index in [1.54, 1.807) is 12.3 Å². The summed E-state index contributed by atoms with van der Waals surface area (Å²) < 4.78 is 31.7. The Morgan fingerprint density at radius 1 is 1.03 bits per heavy atom. The molecular weight excluding hydrogens is 474 g/mol. The smallest absolute Gasteiger partial charge is 0.320 e.